The molecule has 1 nitrogen and oxygen atoms in total. The molecule has 11 heavy (non-hydrogen) atoms. The minimum absolute atomic E-state index is 0.727. The van der Waals surface area contributed by atoms with Gasteiger partial charge in [-0.25, -0.2) is 0 Å². The molecule has 0 unspecified atom stereocenters. The summed E-state index contributed by atoms with van der Waals surface area (Å²) in [5.74, 6) is 0. The average Bonchev–Trinajstić information content (AvgIpc) is 2.54. The van der Waals surface area contributed by atoms with Gasteiger partial charge < -0.3 is 5.32 Å². The van der Waals surface area contributed by atoms with Gasteiger partial charge in [-0.3, -0.25) is 0 Å². The molecule has 0 radical (unpaired) electrons. The lowest BCUT2D eigenvalue weighted by Crippen LogP contribution is -2.30. The predicted octanol–water partition coefficient (Wildman–Crippen LogP) is 2.81. The third-order valence-corrected chi connectivity index (χ3v) is 2.30. The van der Waals surface area contributed by atoms with Gasteiger partial charge in [-0.05, 0) is 18.3 Å². The minimum atomic E-state index is 0.727. The molecular weight excluding hydrogens is 134 g/mol. The molecule has 1 saturated carbocycles. The van der Waals surface area contributed by atoms with E-state index in [4.69, 9.17) is 0 Å². The van der Waals surface area contributed by atoms with Crippen molar-refractivity contribution in [3.05, 3.63) is 0 Å². The largest absolute Gasteiger partial charge is 0.313 e. The Bertz CT molecular complexity index is 87.5. The van der Waals surface area contributed by atoms with E-state index in [2.05, 4.69) is 12.2 Å². The van der Waals surface area contributed by atoms with Crippen LogP contribution in [0.15, 0.2) is 0 Å². The number of hydrogen-bond donors (Lipinski definition) is 1. The van der Waals surface area contributed by atoms with Crippen LogP contribution in [0.5, 0.6) is 0 Å². The van der Waals surface area contributed by atoms with E-state index in [9.17, 15) is 0 Å². The molecule has 0 aromatic rings. The van der Waals surface area contributed by atoms with E-state index in [1.54, 1.807) is 0 Å². The summed E-state index contributed by atoms with van der Waals surface area (Å²) in [6.07, 6.45) is 2.88. The second kappa shape index (κ2) is 4.76. The van der Waals surface area contributed by atoms with Crippen LogP contribution in [0.1, 0.15) is 47.5 Å². The lowest BCUT2D eigenvalue weighted by molar-refractivity contribution is 0.226. The summed E-state index contributed by atoms with van der Waals surface area (Å²) in [5.41, 5.74) is 0.727. The Kier molecular flexibility index (Phi) is 4.74. The Balaban J connectivity index is 0.000000222. The maximum absolute atomic E-state index is 3.43. The van der Waals surface area contributed by atoms with Crippen LogP contribution in [0.2, 0.25) is 0 Å². The van der Waals surface area contributed by atoms with E-state index < -0.39 is 0 Å². The number of nitrogens with one attached hydrogen (secondary N) is 1. The van der Waals surface area contributed by atoms with Crippen LogP contribution in [0.4, 0.5) is 0 Å². The molecule has 0 atom stereocenters. The van der Waals surface area contributed by atoms with Crippen LogP contribution in [0, 0.1) is 5.41 Å². The van der Waals surface area contributed by atoms with E-state index in [0.717, 1.165) is 11.5 Å². The Morgan fingerprint density at radius 1 is 1.09 bits per heavy atom. The maximum Gasteiger partial charge on any atom is 0.00786 e. The molecule has 2 heterocycles. The quantitative estimate of drug-likeness (QED) is 0.570. The zero-order chi connectivity index (χ0) is 8.91. The van der Waals surface area contributed by atoms with Gasteiger partial charge in [-0.2, -0.15) is 0 Å². The van der Waals surface area contributed by atoms with Crippen LogP contribution in [-0.2, 0) is 0 Å². The highest BCUT2D eigenvalue weighted by Gasteiger charge is 2.46. The van der Waals surface area contributed by atoms with Crippen molar-refractivity contribution >= 4 is 0 Å². The zero-order valence-electron chi connectivity index (χ0n) is 8.70. The third kappa shape index (κ3) is 2.48. The zero-order valence-corrected chi connectivity index (χ0v) is 8.70. The molecule has 2 saturated heterocycles. The first-order valence-corrected chi connectivity index (χ1v) is 5.02. The minimum Gasteiger partial charge on any atom is -0.313 e. The monoisotopic (exact) mass is 157 g/mol. The van der Waals surface area contributed by atoms with Crippen LogP contribution < -0.4 is 5.32 Å². The molecule has 0 aromatic carbocycles. The van der Waals surface area contributed by atoms with Crippen molar-refractivity contribution in [1.29, 1.82) is 0 Å². The summed E-state index contributed by atoms with van der Waals surface area (Å²) >= 11 is 0. The van der Waals surface area contributed by atoms with Crippen molar-refractivity contribution in [3.63, 3.8) is 0 Å². The molecule has 68 valence electrons. The van der Waals surface area contributed by atoms with Gasteiger partial charge >= 0.3 is 0 Å². The Morgan fingerprint density at radius 2 is 1.55 bits per heavy atom. The summed E-state index contributed by atoms with van der Waals surface area (Å²) in [5, 5.41) is 3.43. The maximum atomic E-state index is 3.43. The van der Waals surface area contributed by atoms with Crippen molar-refractivity contribution < 1.29 is 0 Å². The van der Waals surface area contributed by atoms with Crippen LogP contribution in [-0.4, -0.2) is 12.6 Å². The fourth-order valence-corrected chi connectivity index (χ4v) is 1.81. The molecular formula is C10H23N. The first-order chi connectivity index (χ1) is 5.29. The first kappa shape index (κ1) is 11.0. The lowest BCUT2D eigenvalue weighted by atomic mass is 9.72. The SMILES string of the molecule is CC.CC.CC12CNC(C1)C2. The van der Waals surface area contributed by atoms with Gasteiger partial charge in [0.15, 0.2) is 0 Å². The van der Waals surface area contributed by atoms with E-state index in [1.807, 2.05) is 27.7 Å². The summed E-state index contributed by atoms with van der Waals surface area (Å²) in [6.45, 7) is 11.6. The highest BCUT2D eigenvalue weighted by molar-refractivity contribution is 5.03. The number of rotatable bonds is 0. The van der Waals surface area contributed by atoms with E-state index in [1.165, 1.54) is 19.4 Å². The van der Waals surface area contributed by atoms with E-state index in [0.29, 0.717) is 0 Å². The highest BCUT2D eigenvalue weighted by Crippen LogP contribution is 2.45. The Hall–Kier alpha value is -0.0400. The summed E-state index contributed by atoms with van der Waals surface area (Å²) in [7, 11) is 0. The van der Waals surface area contributed by atoms with E-state index in [-0.39, 0.29) is 0 Å². The van der Waals surface area contributed by atoms with Crippen LogP contribution >= 0.6 is 0 Å². The average molecular weight is 157 g/mol. The molecule has 3 rings (SSSR count). The summed E-state index contributed by atoms with van der Waals surface area (Å²) in [4.78, 5) is 0. The first-order valence-electron chi connectivity index (χ1n) is 5.02. The van der Waals surface area contributed by atoms with Crippen LogP contribution in [0.3, 0.4) is 0 Å². The van der Waals surface area contributed by atoms with Gasteiger partial charge in [0.1, 0.15) is 0 Å². The molecule has 0 amide bonds. The molecule has 2 bridgehead atoms. The van der Waals surface area contributed by atoms with Gasteiger partial charge in [0.2, 0.25) is 0 Å². The Morgan fingerprint density at radius 3 is 1.64 bits per heavy atom. The molecule has 0 aromatic heterocycles. The van der Waals surface area contributed by atoms with Gasteiger partial charge in [-0.1, -0.05) is 34.6 Å². The molecule has 0 spiro atoms. The molecule has 3 aliphatic rings. The summed E-state index contributed by atoms with van der Waals surface area (Å²) in [6, 6.07) is 0.907. The Labute approximate surface area is 71.6 Å². The van der Waals surface area contributed by atoms with Gasteiger partial charge in [0.25, 0.3) is 0 Å². The van der Waals surface area contributed by atoms with E-state index >= 15 is 0 Å². The van der Waals surface area contributed by atoms with Crippen molar-refractivity contribution in [2.75, 3.05) is 6.54 Å². The van der Waals surface area contributed by atoms with Gasteiger partial charge in [0.05, 0.1) is 0 Å². The van der Waals surface area contributed by atoms with Crippen molar-refractivity contribution in [1.82, 2.24) is 5.32 Å². The lowest BCUT2D eigenvalue weighted by Gasteiger charge is -2.32. The molecule has 2 aliphatic heterocycles. The number of fused-ring (bicyclic) bond motifs is 1. The normalized spacial score (nSPS) is 37.4. The topological polar surface area (TPSA) is 12.0 Å². The molecule has 1 N–H and O–H groups in total. The summed E-state index contributed by atoms with van der Waals surface area (Å²) < 4.78 is 0. The predicted molar refractivity (Wildman–Crippen MR) is 51.8 cm³/mol. The van der Waals surface area contributed by atoms with Crippen molar-refractivity contribution in [2.24, 2.45) is 5.41 Å². The fourth-order valence-electron chi connectivity index (χ4n) is 1.81. The standard InChI is InChI=1S/C6H11N.2C2H6/c1-6-2-5(3-6)7-4-6;2*1-2/h5,7H,2-4H2,1H3;2*1-2H3. The fraction of sp³-hybridized carbons (Fsp3) is 1.00. The highest BCUT2D eigenvalue weighted by atomic mass is 15.0. The van der Waals surface area contributed by atoms with Gasteiger partial charge in [0, 0.05) is 12.6 Å². The second-order valence-electron chi connectivity index (χ2n) is 3.30. The molecule has 1 heteroatoms. The van der Waals surface area contributed by atoms with Crippen LogP contribution in [0.25, 0.3) is 0 Å². The second-order valence-corrected chi connectivity index (χ2v) is 3.30. The number of hydrogen-bond acceptors (Lipinski definition) is 1. The van der Waals surface area contributed by atoms with Crippen molar-refractivity contribution in [2.45, 2.75) is 53.5 Å². The van der Waals surface area contributed by atoms with Crippen molar-refractivity contribution in [3.8, 4) is 0 Å². The van der Waals surface area contributed by atoms with Gasteiger partial charge in [-0.15, -0.1) is 0 Å². The molecule has 1 aliphatic carbocycles. The third-order valence-electron chi connectivity index (χ3n) is 2.30. The smallest absolute Gasteiger partial charge is 0.00786 e. The molecule has 3 fully saturated rings.